The first-order valence-corrected chi connectivity index (χ1v) is 25.9. The van der Waals surface area contributed by atoms with Gasteiger partial charge in [-0.25, -0.2) is 29.6 Å². The van der Waals surface area contributed by atoms with Crippen LogP contribution in [0, 0.1) is 0 Å². The summed E-state index contributed by atoms with van der Waals surface area (Å²) in [6.07, 6.45) is 17.8. The van der Waals surface area contributed by atoms with Gasteiger partial charge < -0.3 is 28.1 Å². The molecule has 67 heavy (non-hydrogen) atoms. The number of rotatable bonds is 10. The van der Waals surface area contributed by atoms with Crippen LogP contribution < -0.4 is 0 Å². The van der Waals surface area contributed by atoms with Crippen LogP contribution in [0.2, 0.25) is 5.15 Å². The molecule has 352 valence electrons. The minimum absolute atomic E-state index is 0.0392. The number of ketones is 2. The van der Waals surface area contributed by atoms with E-state index in [0.717, 1.165) is 130 Å². The van der Waals surface area contributed by atoms with E-state index >= 15 is 0 Å². The SMILES string of the molecule is C[C@@H]([C@@H]1CCCN1C)n1cnc2c(SCC[C@@H]([C@@H]3CCCN3C)n3ncc4c(Cl)nc(-c5noc6c5CCOC65CCCCC5=O)nc43)nc(-c3noc4c3CCC[C@@]43CCCCC3=O)nc21. The fraction of sp³-hybridized carbons (Fsp3) is 0.625. The number of thioether (sulfide) groups is 1. The van der Waals surface area contributed by atoms with Crippen LogP contribution in [-0.4, -0.2) is 123 Å². The smallest absolute Gasteiger partial charge is 0.186 e. The van der Waals surface area contributed by atoms with E-state index in [9.17, 15) is 9.59 Å². The molecule has 6 aromatic heterocycles. The summed E-state index contributed by atoms with van der Waals surface area (Å²) < 4.78 is 22.6. The zero-order valence-corrected chi connectivity index (χ0v) is 40.1. The molecule has 4 fully saturated rings. The van der Waals surface area contributed by atoms with Crippen molar-refractivity contribution >= 4 is 57.1 Å². The van der Waals surface area contributed by atoms with Crippen LogP contribution in [0.5, 0.6) is 0 Å². The molecule has 3 aliphatic carbocycles. The normalized spacial score (nSPS) is 26.9. The molecule has 3 aliphatic heterocycles. The highest BCUT2D eigenvalue weighted by Crippen LogP contribution is 2.49. The maximum atomic E-state index is 13.6. The molecule has 19 heteroatoms. The lowest BCUT2D eigenvalue weighted by atomic mass is 9.64. The van der Waals surface area contributed by atoms with Crippen molar-refractivity contribution in [3.05, 3.63) is 40.3 Å². The predicted octanol–water partition coefficient (Wildman–Crippen LogP) is 8.03. The van der Waals surface area contributed by atoms with Crippen LogP contribution in [0.15, 0.2) is 26.6 Å². The average Bonchev–Trinajstić information content (AvgIpc) is 4.20. The van der Waals surface area contributed by atoms with E-state index in [0.29, 0.717) is 83.9 Å². The fourth-order valence-corrected chi connectivity index (χ4v) is 13.9. The zero-order valence-electron chi connectivity index (χ0n) is 38.5. The number of carbonyl (C=O) groups is 2. The van der Waals surface area contributed by atoms with Gasteiger partial charge in [0.15, 0.2) is 57.2 Å². The Kier molecular flexibility index (Phi) is 11.1. The van der Waals surface area contributed by atoms with Gasteiger partial charge in [0.05, 0.1) is 36.0 Å². The Morgan fingerprint density at radius 2 is 1.49 bits per heavy atom. The Balaban J connectivity index is 0.899. The van der Waals surface area contributed by atoms with Crippen LogP contribution >= 0.6 is 23.4 Å². The lowest BCUT2D eigenvalue weighted by Crippen LogP contribution is -2.44. The molecule has 2 spiro atoms. The van der Waals surface area contributed by atoms with Crippen LogP contribution in [0.3, 0.4) is 0 Å². The molecule has 1 unspecified atom stereocenters. The molecular formula is C48H57ClN12O5S. The maximum Gasteiger partial charge on any atom is 0.186 e. The number of hydrogen-bond donors (Lipinski definition) is 0. The van der Waals surface area contributed by atoms with Crippen molar-refractivity contribution in [2.24, 2.45) is 0 Å². The Morgan fingerprint density at radius 1 is 0.791 bits per heavy atom. The van der Waals surface area contributed by atoms with Crippen molar-refractivity contribution in [3.63, 3.8) is 0 Å². The van der Waals surface area contributed by atoms with E-state index in [4.69, 9.17) is 60.6 Å². The maximum absolute atomic E-state index is 13.6. The van der Waals surface area contributed by atoms with Gasteiger partial charge in [-0.2, -0.15) is 5.10 Å². The number of likely N-dealkylation sites (tertiary alicyclic amines) is 2. The van der Waals surface area contributed by atoms with Gasteiger partial charge in [-0.1, -0.05) is 28.3 Å². The Bertz CT molecular complexity index is 2910. The van der Waals surface area contributed by atoms with Gasteiger partial charge in [-0.05, 0) is 118 Å². The van der Waals surface area contributed by atoms with E-state index < -0.39 is 11.0 Å². The molecule has 2 saturated heterocycles. The second kappa shape index (κ2) is 17.1. The third-order valence-corrected chi connectivity index (χ3v) is 17.6. The van der Waals surface area contributed by atoms with E-state index in [-0.39, 0.29) is 34.8 Å². The summed E-state index contributed by atoms with van der Waals surface area (Å²) in [6.45, 7) is 4.70. The number of ether oxygens (including phenoxy) is 1. The summed E-state index contributed by atoms with van der Waals surface area (Å²) in [5.74, 6) is 3.08. The highest BCUT2D eigenvalue weighted by atomic mass is 35.5. The highest BCUT2D eigenvalue weighted by molar-refractivity contribution is 7.99. The molecule has 0 N–H and O–H groups in total. The minimum Gasteiger partial charge on any atom is -0.359 e. The number of carbonyl (C=O) groups excluding carboxylic acids is 2. The van der Waals surface area contributed by atoms with Crippen molar-refractivity contribution < 1.29 is 23.4 Å². The van der Waals surface area contributed by atoms with Gasteiger partial charge in [0.2, 0.25) is 0 Å². The van der Waals surface area contributed by atoms with Gasteiger partial charge >= 0.3 is 0 Å². The molecule has 0 bridgehead atoms. The molecule has 6 aromatic rings. The number of nitrogens with zero attached hydrogens (tertiary/aromatic N) is 12. The number of hydrogen-bond acceptors (Lipinski definition) is 16. The van der Waals surface area contributed by atoms with Gasteiger partial charge in [-0.3, -0.25) is 9.59 Å². The van der Waals surface area contributed by atoms with Crippen molar-refractivity contribution in [2.75, 3.05) is 39.5 Å². The lowest BCUT2D eigenvalue weighted by Gasteiger charge is -2.36. The molecule has 9 heterocycles. The summed E-state index contributed by atoms with van der Waals surface area (Å²) in [5, 5.41) is 15.9. The van der Waals surface area contributed by atoms with E-state index in [1.165, 1.54) is 0 Å². The summed E-state index contributed by atoms with van der Waals surface area (Å²) in [7, 11) is 4.38. The summed E-state index contributed by atoms with van der Waals surface area (Å²) in [6, 6.07) is 0.610. The van der Waals surface area contributed by atoms with Crippen molar-refractivity contribution in [1.82, 2.24) is 59.4 Å². The van der Waals surface area contributed by atoms with Crippen LogP contribution in [0.1, 0.15) is 138 Å². The predicted molar refractivity (Wildman–Crippen MR) is 250 cm³/mol. The second-order valence-corrected chi connectivity index (χ2v) is 21.4. The number of aromatic nitrogens is 10. The molecule has 0 aromatic carbocycles. The first-order valence-electron chi connectivity index (χ1n) is 24.5. The zero-order chi connectivity index (χ0) is 45.6. The Hall–Kier alpha value is -4.62. The summed E-state index contributed by atoms with van der Waals surface area (Å²) in [5.41, 5.74) is 3.37. The number of likely N-dealkylation sites (N-methyl/N-ethyl adjacent to an activating group) is 2. The number of Topliss-reactive ketones (excluding diaryl/α,β-unsaturated/α-hetero) is 2. The Labute approximate surface area is 397 Å². The van der Waals surface area contributed by atoms with Crippen molar-refractivity contribution in [1.29, 1.82) is 0 Å². The first kappa shape index (κ1) is 43.6. The number of fused-ring (bicyclic) bond motifs is 6. The van der Waals surface area contributed by atoms with Gasteiger partial charge in [-0.15, -0.1) is 11.8 Å². The van der Waals surface area contributed by atoms with Crippen LogP contribution in [-0.2, 0) is 38.2 Å². The topological polar surface area (TPSA) is 189 Å². The second-order valence-electron chi connectivity index (χ2n) is 20.0. The van der Waals surface area contributed by atoms with Crippen LogP contribution in [0.25, 0.3) is 45.2 Å². The third-order valence-electron chi connectivity index (χ3n) is 16.3. The molecule has 2 saturated carbocycles. The largest absolute Gasteiger partial charge is 0.359 e. The molecule has 0 amide bonds. The Morgan fingerprint density at radius 3 is 2.25 bits per heavy atom. The molecule has 12 rings (SSSR count). The van der Waals surface area contributed by atoms with Crippen molar-refractivity contribution in [3.8, 4) is 23.0 Å². The average molecular weight is 950 g/mol. The monoisotopic (exact) mass is 948 g/mol. The van der Waals surface area contributed by atoms with E-state index in [1.54, 1.807) is 18.0 Å². The molecule has 0 radical (unpaired) electrons. The fourth-order valence-electron chi connectivity index (χ4n) is 12.7. The first-order chi connectivity index (χ1) is 32.6. The van der Waals surface area contributed by atoms with Crippen molar-refractivity contribution in [2.45, 2.75) is 156 Å². The highest BCUT2D eigenvalue weighted by Gasteiger charge is 2.51. The molecular weight excluding hydrogens is 892 g/mol. The molecule has 17 nitrogen and oxygen atoms in total. The van der Waals surface area contributed by atoms with E-state index in [1.807, 2.05) is 11.0 Å². The van der Waals surface area contributed by atoms with Gasteiger partial charge in [0.1, 0.15) is 21.5 Å². The summed E-state index contributed by atoms with van der Waals surface area (Å²) >= 11 is 8.66. The number of imidazole rings is 1. The lowest BCUT2D eigenvalue weighted by molar-refractivity contribution is -0.157. The van der Waals surface area contributed by atoms with E-state index in [2.05, 4.69) is 40.5 Å². The van der Waals surface area contributed by atoms with Gasteiger partial charge in [0.25, 0.3) is 0 Å². The quantitative estimate of drug-likeness (QED) is 0.0947. The minimum atomic E-state index is -1.10. The number of halogens is 1. The van der Waals surface area contributed by atoms with Crippen LogP contribution in [0.4, 0.5) is 0 Å². The standard InChI is InChI=1S/C48H57ClN12O5S/c1-27(31-12-9-21-58(31)2)60-26-50-38-45(60)54-43(36-28-11-8-19-47(39(28)65-56-36)18-6-4-14-34(47)62)55-46(38)67-24-17-33(32-13-10-22-59(32)3)61-44-30(25-51-61)41(49)52-42(53-44)37-29-16-23-64-48(40(29)66-57-37)20-7-5-15-35(48)63/h25-27,31-33H,4-24H2,1-3H3/t27-,31-,32-,33-,47+,48?/m0/s1. The van der Waals surface area contributed by atoms with Gasteiger partial charge in [0, 0.05) is 54.3 Å². The summed E-state index contributed by atoms with van der Waals surface area (Å²) in [4.78, 5) is 57.3. The molecule has 6 aliphatic rings. The molecule has 6 atom stereocenters. The third kappa shape index (κ3) is 7.04.